The van der Waals surface area contributed by atoms with Gasteiger partial charge in [-0.3, -0.25) is 4.68 Å². The van der Waals surface area contributed by atoms with Gasteiger partial charge < -0.3 is 5.32 Å². The Morgan fingerprint density at radius 1 is 1.48 bits per heavy atom. The molecule has 2 aromatic heterocycles. The normalized spacial score (nSPS) is 11.0. The van der Waals surface area contributed by atoms with Gasteiger partial charge in [-0.25, -0.2) is 9.97 Å². The fourth-order valence-electron chi connectivity index (χ4n) is 2.07. The number of nitrogens with one attached hydrogen (secondary N) is 1. The highest BCUT2D eigenvalue weighted by Gasteiger charge is 2.22. The molecule has 0 aliphatic rings. The number of rotatable bonds is 5. The summed E-state index contributed by atoms with van der Waals surface area (Å²) in [5.41, 5.74) is 2.11. The molecule has 1 N–H and O–H groups in total. The van der Waals surface area contributed by atoms with Gasteiger partial charge >= 0.3 is 0 Å². The third kappa shape index (κ3) is 2.77. The van der Waals surface area contributed by atoms with E-state index < -0.39 is 0 Å². The van der Waals surface area contributed by atoms with E-state index in [1.165, 1.54) is 6.33 Å². The number of aromatic nitrogens is 4. The van der Waals surface area contributed by atoms with E-state index in [9.17, 15) is 0 Å². The van der Waals surface area contributed by atoms with Crippen molar-refractivity contribution in [2.45, 2.75) is 25.8 Å². The van der Waals surface area contributed by atoms with Crippen molar-refractivity contribution in [3.05, 3.63) is 30.9 Å². The molecule has 0 aliphatic heterocycles. The maximum absolute atomic E-state index is 8.90. The molecule has 0 fully saturated rings. The summed E-state index contributed by atoms with van der Waals surface area (Å²) >= 11 is 0. The van der Waals surface area contributed by atoms with Crippen molar-refractivity contribution in [3.8, 4) is 17.3 Å². The highest BCUT2D eigenvalue weighted by Crippen LogP contribution is 2.28. The number of anilines is 1. The molecule has 0 atom stereocenters. The van der Waals surface area contributed by atoms with Gasteiger partial charge in [0.2, 0.25) is 0 Å². The van der Waals surface area contributed by atoms with Gasteiger partial charge in [0.05, 0.1) is 29.9 Å². The van der Waals surface area contributed by atoms with Crippen molar-refractivity contribution in [2.24, 2.45) is 0 Å². The number of nitrogens with zero attached hydrogens (tertiary/aromatic N) is 5. The second kappa shape index (κ2) is 5.75. The minimum absolute atomic E-state index is 0.361. The van der Waals surface area contributed by atoms with E-state index in [1.807, 2.05) is 20.0 Å². The summed E-state index contributed by atoms with van der Waals surface area (Å²) in [5.74, 6) is 0.721. The maximum atomic E-state index is 8.90. The lowest BCUT2D eigenvalue weighted by Crippen LogP contribution is -2.25. The van der Waals surface area contributed by atoms with Gasteiger partial charge in [-0.2, -0.15) is 10.4 Å². The lowest BCUT2D eigenvalue weighted by molar-refractivity contribution is 0.326. The SMILES string of the molecule is C=Cc1c(NC)ncnc1-c1cnn(C(C)(C)CC#N)c1. The predicted octanol–water partition coefficient (Wildman–Crippen LogP) is 2.67. The molecule has 2 heterocycles. The van der Waals surface area contributed by atoms with Gasteiger partial charge in [0.15, 0.2) is 0 Å². The van der Waals surface area contributed by atoms with E-state index in [4.69, 9.17) is 5.26 Å². The van der Waals surface area contributed by atoms with Crippen LogP contribution in [0.15, 0.2) is 25.3 Å². The molecule has 21 heavy (non-hydrogen) atoms. The van der Waals surface area contributed by atoms with Crippen LogP contribution < -0.4 is 5.32 Å². The first-order chi connectivity index (χ1) is 10.0. The van der Waals surface area contributed by atoms with Crippen molar-refractivity contribution >= 4 is 11.9 Å². The molecule has 0 saturated heterocycles. The van der Waals surface area contributed by atoms with E-state index in [0.717, 1.165) is 22.6 Å². The minimum Gasteiger partial charge on any atom is -0.373 e. The monoisotopic (exact) mass is 282 g/mol. The predicted molar refractivity (Wildman–Crippen MR) is 82.4 cm³/mol. The lowest BCUT2D eigenvalue weighted by Gasteiger charge is -2.21. The average molecular weight is 282 g/mol. The summed E-state index contributed by atoms with van der Waals surface area (Å²) < 4.78 is 1.79. The van der Waals surface area contributed by atoms with Gasteiger partial charge in [-0.05, 0) is 13.8 Å². The Labute approximate surface area is 124 Å². The third-order valence-electron chi connectivity index (χ3n) is 3.31. The molecule has 0 bridgehead atoms. The number of hydrogen-bond donors (Lipinski definition) is 1. The molecule has 2 rings (SSSR count). The van der Waals surface area contributed by atoms with E-state index >= 15 is 0 Å². The summed E-state index contributed by atoms with van der Waals surface area (Å²) in [6.07, 6.45) is 7.25. The zero-order chi connectivity index (χ0) is 15.5. The molecule has 0 radical (unpaired) electrons. The van der Waals surface area contributed by atoms with E-state index in [2.05, 4.69) is 33.0 Å². The molecule has 0 amide bonds. The van der Waals surface area contributed by atoms with Crippen LogP contribution in [0.2, 0.25) is 0 Å². The van der Waals surface area contributed by atoms with Crippen LogP contribution >= 0.6 is 0 Å². The van der Waals surface area contributed by atoms with E-state index in [1.54, 1.807) is 24.0 Å². The first-order valence-electron chi connectivity index (χ1n) is 6.61. The molecule has 0 aliphatic carbocycles. The van der Waals surface area contributed by atoms with Crippen LogP contribution in [0.5, 0.6) is 0 Å². The summed E-state index contributed by atoms with van der Waals surface area (Å²) in [6, 6.07) is 2.18. The van der Waals surface area contributed by atoms with Crippen LogP contribution in [0.25, 0.3) is 17.3 Å². The zero-order valence-electron chi connectivity index (χ0n) is 12.5. The Morgan fingerprint density at radius 2 is 2.24 bits per heavy atom. The molecular weight excluding hydrogens is 264 g/mol. The first-order valence-corrected chi connectivity index (χ1v) is 6.61. The largest absolute Gasteiger partial charge is 0.373 e. The van der Waals surface area contributed by atoms with Gasteiger partial charge in [0.25, 0.3) is 0 Å². The molecule has 6 nitrogen and oxygen atoms in total. The average Bonchev–Trinajstić information content (AvgIpc) is 2.96. The quantitative estimate of drug-likeness (QED) is 0.912. The number of hydrogen-bond acceptors (Lipinski definition) is 5. The van der Waals surface area contributed by atoms with E-state index in [-0.39, 0.29) is 5.54 Å². The Kier molecular flexibility index (Phi) is 4.03. The highest BCUT2D eigenvalue weighted by atomic mass is 15.3. The fourth-order valence-corrected chi connectivity index (χ4v) is 2.07. The van der Waals surface area contributed by atoms with Crippen molar-refractivity contribution in [2.75, 3.05) is 12.4 Å². The van der Waals surface area contributed by atoms with Gasteiger partial charge in [-0.1, -0.05) is 12.7 Å². The Hall–Kier alpha value is -2.68. The standard InChI is InChI=1S/C15H18N6/c1-5-12-13(18-10-19-14(12)17-4)11-8-20-21(9-11)15(2,3)6-7-16/h5,8-10H,1,6H2,2-4H3,(H,17,18,19). The second-order valence-electron chi connectivity index (χ2n) is 5.26. The van der Waals surface area contributed by atoms with Crippen LogP contribution in [0.3, 0.4) is 0 Å². The molecule has 6 heteroatoms. The van der Waals surface area contributed by atoms with Crippen molar-refractivity contribution < 1.29 is 0 Å². The summed E-state index contributed by atoms with van der Waals surface area (Å²) in [5, 5.41) is 16.3. The summed E-state index contributed by atoms with van der Waals surface area (Å²) in [7, 11) is 1.80. The van der Waals surface area contributed by atoms with Crippen LogP contribution in [0, 0.1) is 11.3 Å². The lowest BCUT2D eigenvalue weighted by atomic mass is 10.0. The molecular formula is C15H18N6. The summed E-state index contributed by atoms with van der Waals surface area (Å²) in [4.78, 5) is 8.50. The fraction of sp³-hybridized carbons (Fsp3) is 0.333. The Balaban J connectivity index is 2.48. The number of nitriles is 1. The molecule has 108 valence electrons. The minimum atomic E-state index is -0.361. The van der Waals surface area contributed by atoms with Crippen LogP contribution in [-0.2, 0) is 5.54 Å². The molecule has 0 spiro atoms. The Bertz CT molecular complexity index is 692. The van der Waals surface area contributed by atoms with Crippen molar-refractivity contribution in [3.63, 3.8) is 0 Å². The third-order valence-corrected chi connectivity index (χ3v) is 3.31. The van der Waals surface area contributed by atoms with Gasteiger partial charge in [0, 0.05) is 24.4 Å². The maximum Gasteiger partial charge on any atom is 0.137 e. The first kappa shape index (κ1) is 14.7. The van der Waals surface area contributed by atoms with Crippen LogP contribution in [-0.4, -0.2) is 26.8 Å². The topological polar surface area (TPSA) is 79.4 Å². The van der Waals surface area contributed by atoms with Gasteiger partial charge in [0.1, 0.15) is 12.1 Å². The van der Waals surface area contributed by atoms with Crippen LogP contribution in [0.1, 0.15) is 25.8 Å². The zero-order valence-corrected chi connectivity index (χ0v) is 12.5. The van der Waals surface area contributed by atoms with Crippen molar-refractivity contribution in [1.29, 1.82) is 5.26 Å². The Morgan fingerprint density at radius 3 is 2.86 bits per heavy atom. The van der Waals surface area contributed by atoms with E-state index in [0.29, 0.717) is 6.42 Å². The second-order valence-corrected chi connectivity index (χ2v) is 5.26. The van der Waals surface area contributed by atoms with Gasteiger partial charge in [-0.15, -0.1) is 0 Å². The van der Waals surface area contributed by atoms with Crippen LogP contribution in [0.4, 0.5) is 5.82 Å². The molecule has 0 aromatic carbocycles. The summed E-state index contributed by atoms with van der Waals surface area (Å²) in [6.45, 7) is 7.77. The molecule has 2 aromatic rings. The smallest absolute Gasteiger partial charge is 0.137 e. The van der Waals surface area contributed by atoms with Crippen molar-refractivity contribution in [1.82, 2.24) is 19.7 Å². The molecule has 0 saturated carbocycles. The molecule has 0 unspecified atom stereocenters. The highest BCUT2D eigenvalue weighted by molar-refractivity contribution is 5.77.